The van der Waals surface area contributed by atoms with Gasteiger partial charge in [0.15, 0.2) is 0 Å². The zero-order valence-corrected chi connectivity index (χ0v) is 11.2. The number of hydrogen-bond acceptors (Lipinski definition) is 3. The smallest absolute Gasteiger partial charge is 0.150 e. The van der Waals surface area contributed by atoms with E-state index in [2.05, 4.69) is 15.3 Å². The minimum Gasteiger partial charge on any atom is -0.461 e. The van der Waals surface area contributed by atoms with Gasteiger partial charge in [-0.05, 0) is 18.2 Å². The molecule has 0 saturated heterocycles. The average molecular weight is 275 g/mol. The average Bonchev–Trinajstić information content (AvgIpc) is 3.05. The van der Waals surface area contributed by atoms with Crippen LogP contribution in [0.25, 0.3) is 22.6 Å². The van der Waals surface area contributed by atoms with Crippen molar-refractivity contribution in [2.45, 2.75) is 0 Å². The summed E-state index contributed by atoms with van der Waals surface area (Å²) in [7, 11) is 0. The molecule has 0 spiro atoms. The molecule has 4 nitrogen and oxygen atoms in total. The van der Waals surface area contributed by atoms with Gasteiger partial charge in [0.1, 0.15) is 17.8 Å². The van der Waals surface area contributed by atoms with Crippen molar-refractivity contribution in [1.82, 2.24) is 9.97 Å². The van der Waals surface area contributed by atoms with Crippen LogP contribution >= 0.6 is 0 Å². The van der Waals surface area contributed by atoms with Crippen molar-refractivity contribution in [2.75, 3.05) is 5.32 Å². The highest BCUT2D eigenvalue weighted by atomic mass is 16.5. The number of aromatic amines is 1. The molecule has 2 heterocycles. The van der Waals surface area contributed by atoms with Crippen LogP contribution in [0.15, 0.2) is 67.2 Å². The van der Waals surface area contributed by atoms with Gasteiger partial charge in [-0.25, -0.2) is 4.98 Å². The quantitative estimate of drug-likeness (QED) is 0.742. The highest BCUT2D eigenvalue weighted by Crippen LogP contribution is 2.32. The number of fused-ring (bicyclic) bond motifs is 1. The van der Waals surface area contributed by atoms with Crippen LogP contribution in [0.5, 0.6) is 5.75 Å². The number of nitrogens with zero attached hydrogens (tertiary/aromatic N) is 1. The van der Waals surface area contributed by atoms with Gasteiger partial charge in [-0.3, -0.25) is 0 Å². The predicted octanol–water partition coefficient (Wildman–Crippen LogP) is 4.02. The Balaban J connectivity index is 1.70. The lowest BCUT2D eigenvalue weighted by molar-refractivity contribution is 0.477. The van der Waals surface area contributed by atoms with Gasteiger partial charge in [0.05, 0.1) is 17.6 Å². The van der Waals surface area contributed by atoms with Gasteiger partial charge in [0.25, 0.3) is 0 Å². The Morgan fingerprint density at radius 2 is 1.86 bits per heavy atom. The fourth-order valence-electron chi connectivity index (χ4n) is 2.35. The molecule has 0 fully saturated rings. The normalized spacial score (nSPS) is 12.4. The lowest BCUT2D eigenvalue weighted by Gasteiger charge is -2.13. The van der Waals surface area contributed by atoms with E-state index in [0.717, 1.165) is 34.1 Å². The van der Waals surface area contributed by atoms with E-state index in [1.165, 1.54) is 0 Å². The Bertz CT molecular complexity index is 806. The van der Waals surface area contributed by atoms with E-state index in [1.54, 1.807) is 12.5 Å². The van der Waals surface area contributed by atoms with Crippen LogP contribution in [0, 0.1) is 0 Å². The standard InChI is InChI=1S/C17H13N3O/c1-2-4-12(5-3-1)17-19-11-15(20-17)13-6-7-16-14(10-13)18-8-9-21-16/h1-11,18H,(H,19,20). The molecule has 0 bridgehead atoms. The molecule has 2 N–H and O–H groups in total. The van der Waals surface area contributed by atoms with E-state index in [9.17, 15) is 0 Å². The Morgan fingerprint density at radius 1 is 0.952 bits per heavy atom. The molecule has 1 aliphatic rings. The first-order chi connectivity index (χ1) is 10.4. The first kappa shape index (κ1) is 11.8. The van der Waals surface area contributed by atoms with Crippen molar-refractivity contribution in [3.63, 3.8) is 0 Å². The van der Waals surface area contributed by atoms with Crippen LogP contribution in [0.3, 0.4) is 0 Å². The number of rotatable bonds is 2. The topological polar surface area (TPSA) is 49.9 Å². The second kappa shape index (κ2) is 4.83. The SMILES string of the molecule is C1=COc2ccc(-c3cnc(-c4ccccc4)[nH]3)cc2N1. The summed E-state index contributed by atoms with van der Waals surface area (Å²) in [5.41, 5.74) is 4.07. The Morgan fingerprint density at radius 3 is 2.76 bits per heavy atom. The maximum Gasteiger partial charge on any atom is 0.150 e. The van der Waals surface area contributed by atoms with Crippen molar-refractivity contribution < 1.29 is 4.74 Å². The minimum atomic E-state index is 0.823. The molecule has 3 aromatic rings. The number of imidazole rings is 1. The van der Waals surface area contributed by atoms with E-state index < -0.39 is 0 Å². The van der Waals surface area contributed by atoms with Gasteiger partial charge in [-0.2, -0.15) is 0 Å². The second-order valence-corrected chi connectivity index (χ2v) is 4.79. The Labute approximate surface area is 122 Å². The summed E-state index contributed by atoms with van der Waals surface area (Å²) in [4.78, 5) is 7.81. The van der Waals surface area contributed by atoms with Gasteiger partial charge in [-0.1, -0.05) is 30.3 Å². The summed E-state index contributed by atoms with van der Waals surface area (Å²) in [5.74, 6) is 1.69. The van der Waals surface area contributed by atoms with Crippen LogP contribution in [0.4, 0.5) is 5.69 Å². The van der Waals surface area contributed by atoms with Gasteiger partial charge < -0.3 is 15.0 Å². The van der Waals surface area contributed by atoms with Crippen LogP contribution in [-0.4, -0.2) is 9.97 Å². The molecule has 0 aliphatic carbocycles. The zero-order valence-electron chi connectivity index (χ0n) is 11.2. The fraction of sp³-hybridized carbons (Fsp3) is 0. The summed E-state index contributed by atoms with van der Waals surface area (Å²) in [6.07, 6.45) is 5.25. The van der Waals surface area contributed by atoms with Crippen molar-refractivity contribution in [2.24, 2.45) is 0 Å². The summed E-state index contributed by atoms with van der Waals surface area (Å²) in [5, 5.41) is 3.17. The maximum absolute atomic E-state index is 5.42. The minimum absolute atomic E-state index is 0.823. The van der Waals surface area contributed by atoms with E-state index in [4.69, 9.17) is 4.74 Å². The van der Waals surface area contributed by atoms with Crippen molar-refractivity contribution in [3.05, 3.63) is 67.2 Å². The molecular formula is C17H13N3O. The number of aromatic nitrogens is 2. The molecule has 0 unspecified atom stereocenters. The van der Waals surface area contributed by atoms with Gasteiger partial charge in [0, 0.05) is 17.3 Å². The maximum atomic E-state index is 5.42. The molecular weight excluding hydrogens is 262 g/mol. The van der Waals surface area contributed by atoms with E-state index in [-0.39, 0.29) is 0 Å². The number of benzene rings is 2. The van der Waals surface area contributed by atoms with Crippen molar-refractivity contribution >= 4 is 5.69 Å². The van der Waals surface area contributed by atoms with Crippen molar-refractivity contribution in [1.29, 1.82) is 0 Å². The Hall–Kier alpha value is -3.01. The van der Waals surface area contributed by atoms with E-state index >= 15 is 0 Å². The van der Waals surface area contributed by atoms with E-state index in [1.807, 2.05) is 54.7 Å². The molecule has 1 aromatic heterocycles. The summed E-state index contributed by atoms with van der Waals surface area (Å²) in [6.45, 7) is 0. The molecule has 1 aliphatic heterocycles. The molecule has 0 saturated carbocycles. The number of hydrogen-bond donors (Lipinski definition) is 2. The molecule has 102 valence electrons. The lowest BCUT2D eigenvalue weighted by atomic mass is 10.1. The molecule has 0 amide bonds. The molecule has 4 heteroatoms. The molecule has 0 atom stereocenters. The van der Waals surface area contributed by atoms with Crippen LogP contribution < -0.4 is 10.1 Å². The highest BCUT2D eigenvalue weighted by Gasteiger charge is 2.10. The van der Waals surface area contributed by atoms with Crippen LogP contribution in [0.1, 0.15) is 0 Å². The number of H-pyrrole nitrogens is 1. The van der Waals surface area contributed by atoms with Gasteiger partial charge in [-0.15, -0.1) is 0 Å². The zero-order chi connectivity index (χ0) is 14.1. The monoisotopic (exact) mass is 275 g/mol. The van der Waals surface area contributed by atoms with Crippen molar-refractivity contribution in [3.8, 4) is 28.4 Å². The van der Waals surface area contributed by atoms with E-state index in [0.29, 0.717) is 0 Å². The van der Waals surface area contributed by atoms with Gasteiger partial charge in [0.2, 0.25) is 0 Å². The summed E-state index contributed by atoms with van der Waals surface area (Å²) < 4.78 is 5.42. The third-order valence-corrected chi connectivity index (χ3v) is 3.42. The van der Waals surface area contributed by atoms with Gasteiger partial charge >= 0.3 is 0 Å². The summed E-state index contributed by atoms with van der Waals surface area (Å²) in [6, 6.07) is 16.1. The number of nitrogens with one attached hydrogen (secondary N) is 2. The first-order valence-electron chi connectivity index (χ1n) is 6.73. The third-order valence-electron chi connectivity index (χ3n) is 3.42. The van der Waals surface area contributed by atoms with Crippen LogP contribution in [0.2, 0.25) is 0 Å². The molecule has 0 radical (unpaired) electrons. The second-order valence-electron chi connectivity index (χ2n) is 4.79. The molecule has 2 aromatic carbocycles. The third kappa shape index (κ3) is 2.17. The lowest BCUT2D eigenvalue weighted by Crippen LogP contribution is -1.99. The summed E-state index contributed by atoms with van der Waals surface area (Å²) >= 11 is 0. The largest absolute Gasteiger partial charge is 0.461 e. The predicted molar refractivity (Wildman–Crippen MR) is 82.9 cm³/mol. The highest BCUT2D eigenvalue weighted by molar-refractivity contribution is 5.72. The number of anilines is 1. The molecule has 4 rings (SSSR count). The fourth-order valence-corrected chi connectivity index (χ4v) is 2.35. The first-order valence-corrected chi connectivity index (χ1v) is 6.73. The Kier molecular flexibility index (Phi) is 2.71. The van der Waals surface area contributed by atoms with Crippen LogP contribution in [-0.2, 0) is 0 Å². The number of ether oxygens (including phenoxy) is 1. The molecule has 21 heavy (non-hydrogen) atoms.